The van der Waals surface area contributed by atoms with Gasteiger partial charge in [0.15, 0.2) is 0 Å². The normalized spacial score (nSPS) is 7.25. The van der Waals surface area contributed by atoms with Crippen LogP contribution in [0.1, 0.15) is 22.3 Å². The van der Waals surface area contributed by atoms with Crippen molar-refractivity contribution in [2.24, 2.45) is 0 Å². The quantitative estimate of drug-likeness (QED) is 0.350. The molecule has 0 aromatic carbocycles. The van der Waals surface area contributed by atoms with E-state index in [9.17, 15) is 9.59 Å². The molecule has 0 aliphatic heterocycles. The average molecular weight is 307 g/mol. The third kappa shape index (κ3) is 6.46. The van der Waals surface area contributed by atoms with Gasteiger partial charge in [0.1, 0.15) is 5.69 Å². The molecule has 6 nitrogen and oxygen atoms in total. The Bertz CT molecular complexity index is 336. The van der Waals surface area contributed by atoms with Crippen molar-refractivity contribution in [1.29, 1.82) is 0 Å². The van der Waals surface area contributed by atoms with Crippen molar-refractivity contribution >= 4 is 18.7 Å². The molecule has 1 aromatic rings. The van der Waals surface area contributed by atoms with Crippen LogP contribution in [0.15, 0.2) is 18.3 Å². The molecule has 1 heterocycles. The molecule has 85 valence electrons. The number of nitrogens with zero attached hydrogens (tertiary/aromatic N) is 1. The predicted octanol–water partition coefficient (Wildman–Crippen LogP) is -2.68. The van der Waals surface area contributed by atoms with Gasteiger partial charge in [-0.15, -0.1) is 0 Å². The fourth-order valence-corrected chi connectivity index (χ4v) is 0.681. The fourth-order valence-electron chi connectivity index (χ4n) is 0.681. The molecule has 0 aliphatic rings. The maximum Gasteiger partial charge on any atom is 1.00 e. The number of rotatable bonds is 2. The summed E-state index contributed by atoms with van der Waals surface area (Å²) in [5.74, 6) is -2.40. The Labute approximate surface area is 117 Å². The largest absolute Gasteiger partial charge is 1.00 e. The van der Waals surface area contributed by atoms with Crippen LogP contribution in [0, 0.1) is 0 Å². The van der Waals surface area contributed by atoms with Crippen LogP contribution >= 0.6 is 0 Å². The Kier molecular flexibility index (Phi) is 13.4. The number of aromatic nitrogens is 1. The number of carbonyl (C=O) groups is 2. The smallest absolute Gasteiger partial charge is 1.00 e. The zero-order valence-electron chi connectivity index (χ0n) is 9.21. The summed E-state index contributed by atoms with van der Waals surface area (Å²) in [5.41, 5.74) is -0.350. The van der Waals surface area contributed by atoms with Gasteiger partial charge >= 0.3 is 30.8 Å². The summed E-state index contributed by atoms with van der Waals surface area (Å²) >= 11 is 0. The monoisotopic (exact) mass is 307 g/mol. The number of hydrogen-bond donors (Lipinski definition) is 2. The second-order valence-corrected chi connectivity index (χ2v) is 2.04. The van der Waals surface area contributed by atoms with Crippen molar-refractivity contribution in [1.82, 2.24) is 4.98 Å². The maximum absolute atomic E-state index is 10.4. The first kappa shape index (κ1) is 20.4. The number of hydrogen-bond acceptors (Lipinski definition) is 4. The first-order valence-electron chi connectivity index (χ1n) is 3.27. The number of aromatic carboxylic acids is 2. The zero-order valence-corrected chi connectivity index (χ0v) is 9.85. The van der Waals surface area contributed by atoms with Gasteiger partial charge in [0.25, 0.3) is 0 Å². The summed E-state index contributed by atoms with van der Waals surface area (Å²) < 4.78 is 0. The van der Waals surface area contributed by atoms with E-state index in [1.54, 1.807) is 0 Å². The Morgan fingerprint density at radius 3 is 2.12 bits per heavy atom. The SMILES string of the molecule is O=C(O)c1ccnc(C(=O)O)c1.[CH-]=O.[H-].[Li+].[Rh]. The topological polar surface area (TPSA) is 105 Å². The van der Waals surface area contributed by atoms with Gasteiger partial charge in [-0.25, -0.2) is 14.6 Å². The first-order chi connectivity index (χ1) is 6.61. The van der Waals surface area contributed by atoms with Gasteiger partial charge in [0, 0.05) is 25.7 Å². The van der Waals surface area contributed by atoms with E-state index in [2.05, 4.69) is 11.8 Å². The van der Waals surface area contributed by atoms with Gasteiger partial charge in [-0.1, -0.05) is 0 Å². The van der Waals surface area contributed by atoms with E-state index in [0.717, 1.165) is 12.3 Å². The summed E-state index contributed by atoms with van der Waals surface area (Å²) in [6, 6.07) is 2.24. The number of pyridine rings is 1. The molecule has 0 spiro atoms. The van der Waals surface area contributed by atoms with E-state index in [4.69, 9.17) is 15.0 Å². The zero-order chi connectivity index (χ0) is 11.1. The fraction of sp³-hybridized carbons (Fsp3) is 0. The molecule has 2 N–H and O–H groups in total. The van der Waals surface area contributed by atoms with Gasteiger partial charge in [0.2, 0.25) is 0 Å². The Hall–Kier alpha value is -1.02. The standard InChI is InChI=1S/C7H5NO4.CHO.Li.Rh.H/c9-6(10)4-1-2-8-5(3-4)7(11)12;1-2;;;/h1-3H,(H,9,10)(H,11,12);1H;;;/q;-1;+1;;-1. The van der Waals surface area contributed by atoms with Crippen LogP contribution < -0.4 is 18.9 Å². The first-order valence-corrected chi connectivity index (χ1v) is 3.27. The molecule has 1 aromatic heterocycles. The van der Waals surface area contributed by atoms with E-state index < -0.39 is 11.9 Å². The van der Waals surface area contributed by atoms with E-state index in [1.165, 1.54) is 6.07 Å². The summed E-state index contributed by atoms with van der Waals surface area (Å²) in [6.45, 7) is 3.25. The minimum atomic E-state index is -1.24. The minimum Gasteiger partial charge on any atom is -1.00 e. The molecular formula is C8H7LiNO5Rh-. The van der Waals surface area contributed by atoms with Gasteiger partial charge in [0.05, 0.1) is 5.56 Å². The summed E-state index contributed by atoms with van der Waals surface area (Å²) in [7, 11) is 0. The molecule has 0 amide bonds. The number of carboxylic acids is 2. The second kappa shape index (κ2) is 10.5. The van der Waals surface area contributed by atoms with Crippen molar-refractivity contribution in [2.75, 3.05) is 0 Å². The van der Waals surface area contributed by atoms with Gasteiger partial charge in [-0.3, -0.25) is 6.79 Å². The van der Waals surface area contributed by atoms with Crippen molar-refractivity contribution in [3.63, 3.8) is 0 Å². The third-order valence-corrected chi connectivity index (χ3v) is 1.23. The average Bonchev–Trinajstić information content (AvgIpc) is 2.21. The minimum absolute atomic E-state index is 0. The van der Waals surface area contributed by atoms with Crippen LogP contribution in [0.25, 0.3) is 0 Å². The van der Waals surface area contributed by atoms with Crippen molar-refractivity contribution in [3.8, 4) is 0 Å². The Morgan fingerprint density at radius 1 is 1.25 bits per heavy atom. The van der Waals surface area contributed by atoms with Crippen molar-refractivity contribution in [2.45, 2.75) is 0 Å². The van der Waals surface area contributed by atoms with Crippen LogP contribution in [0.3, 0.4) is 0 Å². The molecule has 0 fully saturated rings. The molecule has 16 heavy (non-hydrogen) atoms. The van der Waals surface area contributed by atoms with Crippen LogP contribution in [0.2, 0.25) is 0 Å². The molecule has 0 saturated heterocycles. The maximum atomic E-state index is 10.4. The molecule has 0 bridgehead atoms. The Balaban J connectivity index is -0.000000160. The van der Waals surface area contributed by atoms with E-state index in [-0.39, 0.29) is 51.0 Å². The van der Waals surface area contributed by atoms with Crippen molar-refractivity contribution < 1.29 is 64.4 Å². The van der Waals surface area contributed by atoms with Gasteiger partial charge < -0.3 is 16.4 Å². The summed E-state index contributed by atoms with van der Waals surface area (Å²) in [5, 5.41) is 16.9. The Morgan fingerprint density at radius 2 is 1.75 bits per heavy atom. The number of carboxylic acid groups (broad SMARTS) is 2. The molecule has 0 unspecified atom stereocenters. The molecule has 1 rings (SSSR count). The second-order valence-electron chi connectivity index (χ2n) is 2.04. The molecule has 0 atom stereocenters. The molecule has 0 saturated carbocycles. The van der Waals surface area contributed by atoms with Crippen LogP contribution in [-0.2, 0) is 24.3 Å². The molecule has 0 aliphatic carbocycles. The predicted molar refractivity (Wildman–Crippen MR) is 46.0 cm³/mol. The van der Waals surface area contributed by atoms with Crippen molar-refractivity contribution in [3.05, 3.63) is 29.6 Å². The summed E-state index contributed by atoms with van der Waals surface area (Å²) in [4.78, 5) is 31.9. The molecule has 8 heteroatoms. The van der Waals surface area contributed by atoms with E-state index in [0.29, 0.717) is 0 Å². The summed E-state index contributed by atoms with van der Waals surface area (Å²) in [6.07, 6.45) is 1.15. The molecule has 1 radical (unpaired) electrons. The van der Waals surface area contributed by atoms with Crippen LogP contribution in [-0.4, -0.2) is 33.9 Å². The number of carbonyl (C=O) groups excluding carboxylic acids is 1. The van der Waals surface area contributed by atoms with Crippen LogP contribution in [0.5, 0.6) is 0 Å². The van der Waals surface area contributed by atoms with Crippen LogP contribution in [0.4, 0.5) is 0 Å². The van der Waals surface area contributed by atoms with Gasteiger partial charge in [-0.05, 0) is 12.1 Å². The third-order valence-electron chi connectivity index (χ3n) is 1.23. The van der Waals surface area contributed by atoms with E-state index in [1.807, 2.05) is 0 Å². The van der Waals surface area contributed by atoms with Gasteiger partial charge in [-0.2, -0.15) is 0 Å². The molecular weight excluding hydrogens is 300 g/mol. The van der Waals surface area contributed by atoms with E-state index >= 15 is 0 Å².